The fourth-order valence-corrected chi connectivity index (χ4v) is 4.30. The van der Waals surface area contributed by atoms with E-state index in [-0.39, 0.29) is 28.4 Å². The summed E-state index contributed by atoms with van der Waals surface area (Å²) in [7, 11) is 2.71. The van der Waals surface area contributed by atoms with E-state index in [9.17, 15) is 29.6 Å². The Morgan fingerprint density at radius 1 is 1.22 bits per heavy atom. The lowest BCUT2D eigenvalue weighted by atomic mass is 9.82. The molecule has 2 atom stereocenters. The molecule has 0 saturated heterocycles. The van der Waals surface area contributed by atoms with Crippen molar-refractivity contribution in [2.75, 3.05) is 14.1 Å². The molecule has 10 nitrogen and oxygen atoms in total. The van der Waals surface area contributed by atoms with E-state index < -0.39 is 39.5 Å². The van der Waals surface area contributed by atoms with E-state index in [1.807, 2.05) is 13.8 Å². The van der Waals surface area contributed by atoms with Gasteiger partial charge in [-0.15, -0.1) is 0 Å². The van der Waals surface area contributed by atoms with Gasteiger partial charge in [0.1, 0.15) is 11.3 Å². The van der Waals surface area contributed by atoms with Crippen molar-refractivity contribution >= 4 is 23.3 Å². The van der Waals surface area contributed by atoms with Crippen LogP contribution in [0.3, 0.4) is 0 Å². The van der Waals surface area contributed by atoms with Gasteiger partial charge in [-0.25, -0.2) is 0 Å². The van der Waals surface area contributed by atoms with Crippen LogP contribution in [0.2, 0.25) is 0 Å². The number of nitro benzene ring substituents is 1. The van der Waals surface area contributed by atoms with Gasteiger partial charge in [0.15, 0.2) is 0 Å². The maximum absolute atomic E-state index is 13.7. The molecule has 2 unspecified atom stereocenters. The van der Waals surface area contributed by atoms with Gasteiger partial charge in [0, 0.05) is 31.3 Å². The first-order valence-corrected chi connectivity index (χ1v) is 9.88. The normalized spacial score (nSPS) is 22.6. The minimum Gasteiger partial charge on any atom is -0.454 e. The van der Waals surface area contributed by atoms with Gasteiger partial charge in [-0.1, -0.05) is 38.1 Å². The van der Waals surface area contributed by atoms with E-state index >= 15 is 0 Å². The third-order valence-electron chi connectivity index (χ3n) is 5.91. The second-order valence-electron chi connectivity index (χ2n) is 8.35. The molecule has 0 fully saturated rings. The smallest absolute Gasteiger partial charge is 0.311 e. The first kappa shape index (κ1) is 21.4. The molecule has 0 radical (unpaired) electrons. The summed E-state index contributed by atoms with van der Waals surface area (Å²) in [6.45, 7) is 3.87. The Hall–Kier alpha value is -3.79. The average molecular weight is 439 g/mol. The second-order valence-corrected chi connectivity index (χ2v) is 8.35. The monoisotopic (exact) mass is 439 g/mol. The highest BCUT2D eigenvalue weighted by atomic mass is 16.6. The van der Waals surface area contributed by atoms with Gasteiger partial charge in [0.25, 0.3) is 11.5 Å². The van der Waals surface area contributed by atoms with Crippen molar-refractivity contribution in [3.63, 3.8) is 0 Å². The predicted octanol–water partition coefficient (Wildman–Crippen LogP) is 1.55. The Labute approximate surface area is 182 Å². The number of amides is 2. The number of carbonyl (C=O) groups excluding carboxylic acids is 3. The standard InChI is InChI=1S/C22H21N3O7/c1-11(2)12-8-9-14-16(10-12)32-22(29)17-13(6-5-7-15(17)25(30)31)18(26)21(14,22)23-19(27)20(28)24(3)4/h5-11,29H,1-4H3,(H,23,27). The number of ether oxygens (including phenoxy) is 1. The van der Waals surface area contributed by atoms with Gasteiger partial charge in [0.05, 0.1) is 4.92 Å². The number of nitrogens with one attached hydrogen (secondary N) is 1. The number of nitro groups is 1. The zero-order valence-corrected chi connectivity index (χ0v) is 17.8. The Morgan fingerprint density at radius 3 is 2.50 bits per heavy atom. The largest absolute Gasteiger partial charge is 0.454 e. The summed E-state index contributed by atoms with van der Waals surface area (Å²) >= 11 is 0. The fourth-order valence-electron chi connectivity index (χ4n) is 4.30. The summed E-state index contributed by atoms with van der Waals surface area (Å²) in [5.41, 5.74) is -2.40. The zero-order valence-electron chi connectivity index (χ0n) is 17.8. The van der Waals surface area contributed by atoms with Crippen molar-refractivity contribution in [1.82, 2.24) is 10.2 Å². The van der Waals surface area contributed by atoms with E-state index in [0.717, 1.165) is 16.5 Å². The van der Waals surface area contributed by atoms with Crippen molar-refractivity contribution in [2.24, 2.45) is 0 Å². The number of carbonyl (C=O) groups is 3. The van der Waals surface area contributed by atoms with Crippen LogP contribution in [0.4, 0.5) is 5.69 Å². The number of rotatable bonds is 3. The average Bonchev–Trinajstić information content (AvgIpc) is 3.09. The van der Waals surface area contributed by atoms with Crippen molar-refractivity contribution in [3.05, 3.63) is 68.8 Å². The maximum atomic E-state index is 13.7. The topological polar surface area (TPSA) is 139 Å². The first-order valence-electron chi connectivity index (χ1n) is 9.88. The van der Waals surface area contributed by atoms with Gasteiger partial charge < -0.3 is 20.1 Å². The van der Waals surface area contributed by atoms with E-state index in [1.54, 1.807) is 12.1 Å². The summed E-state index contributed by atoms with van der Waals surface area (Å²) in [6, 6.07) is 8.61. The van der Waals surface area contributed by atoms with Crippen LogP contribution in [-0.4, -0.2) is 46.6 Å². The van der Waals surface area contributed by atoms with Crippen LogP contribution < -0.4 is 10.1 Å². The van der Waals surface area contributed by atoms with E-state index in [4.69, 9.17) is 4.74 Å². The highest BCUT2D eigenvalue weighted by Crippen LogP contribution is 2.60. The molecular formula is C22H21N3O7. The summed E-state index contributed by atoms with van der Waals surface area (Å²) in [5, 5.41) is 25.9. The van der Waals surface area contributed by atoms with Crippen LogP contribution in [0.5, 0.6) is 5.75 Å². The summed E-state index contributed by atoms with van der Waals surface area (Å²) in [5.74, 6) is -5.39. The van der Waals surface area contributed by atoms with Gasteiger partial charge in [-0.05, 0) is 17.5 Å². The lowest BCUT2D eigenvalue weighted by molar-refractivity contribution is -0.388. The molecule has 0 spiro atoms. The third kappa shape index (κ3) is 2.59. The number of hydrogen-bond donors (Lipinski definition) is 2. The van der Waals surface area contributed by atoms with E-state index in [2.05, 4.69) is 5.32 Å². The molecule has 1 heterocycles. The van der Waals surface area contributed by atoms with Gasteiger partial charge in [-0.3, -0.25) is 24.5 Å². The Balaban J connectivity index is 2.01. The lowest BCUT2D eigenvalue weighted by Crippen LogP contribution is -2.62. The number of Topliss-reactive ketones (excluding diaryl/α,β-unsaturated/α-hetero) is 1. The molecule has 2 aromatic rings. The number of likely N-dealkylation sites (N-methyl/N-ethyl adjacent to an activating group) is 1. The Morgan fingerprint density at radius 2 is 1.91 bits per heavy atom. The minimum absolute atomic E-state index is 0.0807. The molecule has 10 heteroatoms. The highest BCUT2D eigenvalue weighted by molar-refractivity contribution is 6.36. The molecule has 0 saturated carbocycles. The van der Waals surface area contributed by atoms with Crippen molar-refractivity contribution in [1.29, 1.82) is 0 Å². The van der Waals surface area contributed by atoms with Crippen LogP contribution in [0.1, 0.15) is 46.8 Å². The highest BCUT2D eigenvalue weighted by Gasteiger charge is 2.73. The number of ketones is 1. The fraction of sp³-hybridized carbons (Fsp3) is 0.318. The van der Waals surface area contributed by atoms with Crippen LogP contribution in [0.25, 0.3) is 0 Å². The molecule has 1 aliphatic heterocycles. The van der Waals surface area contributed by atoms with Crippen LogP contribution >= 0.6 is 0 Å². The lowest BCUT2D eigenvalue weighted by Gasteiger charge is -2.34. The second kappa shape index (κ2) is 6.86. The minimum atomic E-state index is -2.62. The molecule has 0 bridgehead atoms. The van der Waals surface area contributed by atoms with Crippen LogP contribution in [0.15, 0.2) is 36.4 Å². The molecule has 32 heavy (non-hydrogen) atoms. The number of benzene rings is 2. The van der Waals surface area contributed by atoms with Crippen LogP contribution in [-0.2, 0) is 20.9 Å². The Kier molecular flexibility index (Phi) is 4.59. The molecule has 0 aromatic heterocycles. The number of aliphatic hydroxyl groups is 1. The molecule has 2 aromatic carbocycles. The van der Waals surface area contributed by atoms with Gasteiger partial charge in [0.2, 0.25) is 11.3 Å². The first-order chi connectivity index (χ1) is 15.0. The van der Waals surface area contributed by atoms with Crippen molar-refractivity contribution < 1.29 is 29.2 Å². The van der Waals surface area contributed by atoms with Crippen LogP contribution in [0, 0.1) is 10.1 Å². The maximum Gasteiger partial charge on any atom is 0.311 e. The SMILES string of the molecule is CC(C)c1ccc2c(c1)OC1(O)c3c(cccc3[N+](=O)[O-])C(=O)C21NC(=O)C(=O)N(C)C. The summed E-state index contributed by atoms with van der Waals surface area (Å²) < 4.78 is 5.83. The molecule has 2 aliphatic rings. The molecular weight excluding hydrogens is 418 g/mol. The molecule has 166 valence electrons. The Bertz CT molecular complexity index is 1210. The quantitative estimate of drug-likeness (QED) is 0.420. The predicted molar refractivity (Wildman–Crippen MR) is 111 cm³/mol. The van der Waals surface area contributed by atoms with E-state index in [1.165, 1.54) is 32.3 Å². The zero-order chi connectivity index (χ0) is 23.6. The number of hydrogen-bond acceptors (Lipinski definition) is 7. The van der Waals surface area contributed by atoms with Crippen molar-refractivity contribution in [3.8, 4) is 5.75 Å². The summed E-state index contributed by atoms with van der Waals surface area (Å²) in [6.07, 6.45) is 0. The molecule has 2 N–H and O–H groups in total. The number of nitrogens with zero attached hydrogens (tertiary/aromatic N) is 2. The summed E-state index contributed by atoms with van der Waals surface area (Å²) in [4.78, 5) is 50.7. The van der Waals surface area contributed by atoms with E-state index in [0.29, 0.717) is 0 Å². The molecule has 4 rings (SSSR count). The third-order valence-corrected chi connectivity index (χ3v) is 5.91. The molecule has 2 amide bonds. The van der Waals surface area contributed by atoms with Gasteiger partial charge in [-0.2, -0.15) is 0 Å². The van der Waals surface area contributed by atoms with Crippen molar-refractivity contribution in [2.45, 2.75) is 31.1 Å². The molecule has 1 aliphatic carbocycles. The number of fused-ring (bicyclic) bond motifs is 5. The van der Waals surface area contributed by atoms with Gasteiger partial charge >= 0.3 is 11.8 Å².